The molecule has 7 heteroatoms. The Labute approximate surface area is 163 Å². The van der Waals surface area contributed by atoms with E-state index in [0.717, 1.165) is 6.42 Å². The van der Waals surface area contributed by atoms with Gasteiger partial charge in [0.25, 0.3) is 0 Å². The second kappa shape index (κ2) is 8.08. The molecular weight excluding hydrogens is 354 g/mol. The highest BCUT2D eigenvalue weighted by Crippen LogP contribution is 2.44. The van der Waals surface area contributed by atoms with E-state index in [1.165, 1.54) is 0 Å². The van der Waals surface area contributed by atoms with Crippen molar-refractivity contribution in [2.45, 2.75) is 44.4 Å². The zero-order valence-corrected chi connectivity index (χ0v) is 15.8. The Balaban J connectivity index is 2.16. The number of ether oxygens (including phenoxy) is 1. The van der Waals surface area contributed by atoms with Gasteiger partial charge >= 0.3 is 0 Å². The highest BCUT2D eigenvalue weighted by molar-refractivity contribution is 5.99. The first kappa shape index (κ1) is 19.3. The zero-order valence-electron chi connectivity index (χ0n) is 15.8. The predicted molar refractivity (Wildman–Crippen MR) is 103 cm³/mol. The molecule has 1 aromatic heterocycles. The van der Waals surface area contributed by atoms with Gasteiger partial charge in [-0.2, -0.15) is 10.5 Å². The van der Waals surface area contributed by atoms with Gasteiger partial charge in [-0.15, -0.1) is 0 Å². The first-order valence-corrected chi connectivity index (χ1v) is 9.07. The van der Waals surface area contributed by atoms with Crippen LogP contribution >= 0.6 is 0 Å². The lowest BCUT2D eigenvalue weighted by molar-refractivity contribution is -0.0740. The number of nitriles is 2. The third-order valence-corrected chi connectivity index (χ3v) is 4.85. The third-order valence-electron chi connectivity index (χ3n) is 4.85. The summed E-state index contributed by atoms with van der Waals surface area (Å²) < 4.78 is 6.12. The lowest BCUT2D eigenvalue weighted by atomic mass is 9.82. The standard InChI is InChI=1S/C21H21N5O2/c1-3-8-21(2)19(27)18(16-10-14(11-22)6-7-17(16)28-21)26-20(25-13-23)15-5-4-9-24-12-15/h4-7,9-10,12,18-19,27H,3,8H2,1-2H3,(H,25,26)/t18-,19+,21-/m1/s1. The lowest BCUT2D eigenvalue weighted by Gasteiger charge is -2.43. The van der Waals surface area contributed by atoms with Crippen LogP contribution in [0.25, 0.3) is 0 Å². The van der Waals surface area contributed by atoms with E-state index in [1.807, 2.05) is 20.0 Å². The molecule has 142 valence electrons. The molecule has 28 heavy (non-hydrogen) atoms. The maximum absolute atomic E-state index is 11.2. The molecule has 7 nitrogen and oxygen atoms in total. The average Bonchev–Trinajstić information content (AvgIpc) is 2.71. The zero-order chi connectivity index (χ0) is 20.1. The van der Waals surface area contributed by atoms with E-state index < -0.39 is 17.7 Å². The number of fused-ring (bicyclic) bond motifs is 1. The van der Waals surface area contributed by atoms with Crippen LogP contribution in [0.5, 0.6) is 5.75 Å². The minimum atomic E-state index is -0.957. The number of pyridine rings is 1. The minimum Gasteiger partial charge on any atom is -0.484 e. The number of nitrogens with one attached hydrogen (secondary N) is 1. The molecule has 0 unspecified atom stereocenters. The molecule has 2 heterocycles. The number of aliphatic hydroxyl groups excluding tert-OH is 1. The van der Waals surface area contributed by atoms with Gasteiger partial charge in [-0.1, -0.05) is 13.3 Å². The summed E-state index contributed by atoms with van der Waals surface area (Å²) in [6.45, 7) is 3.87. The quantitative estimate of drug-likeness (QED) is 0.368. The molecule has 1 aliphatic rings. The summed E-state index contributed by atoms with van der Waals surface area (Å²) in [4.78, 5) is 8.74. The Bertz CT molecular complexity index is 961. The van der Waals surface area contributed by atoms with Gasteiger partial charge in [0.05, 0.1) is 11.6 Å². The van der Waals surface area contributed by atoms with Gasteiger partial charge in [0, 0.05) is 23.5 Å². The number of benzene rings is 1. The van der Waals surface area contributed by atoms with Gasteiger partial charge in [0.1, 0.15) is 29.3 Å². The highest BCUT2D eigenvalue weighted by Gasteiger charge is 2.45. The number of hydrogen-bond acceptors (Lipinski definition) is 6. The van der Waals surface area contributed by atoms with Crippen LogP contribution in [0.4, 0.5) is 0 Å². The molecule has 0 bridgehead atoms. The van der Waals surface area contributed by atoms with Crippen molar-refractivity contribution in [2.24, 2.45) is 4.99 Å². The number of aliphatic imine (C=N–C) groups is 1. The van der Waals surface area contributed by atoms with Crippen molar-refractivity contribution in [1.29, 1.82) is 10.5 Å². The maximum Gasteiger partial charge on any atom is 0.182 e. The topological polar surface area (TPSA) is 114 Å². The molecule has 0 aliphatic carbocycles. The molecule has 3 rings (SSSR count). The molecule has 0 saturated heterocycles. The Morgan fingerprint density at radius 3 is 2.86 bits per heavy atom. The van der Waals surface area contributed by atoms with Crippen LogP contribution < -0.4 is 10.1 Å². The van der Waals surface area contributed by atoms with Crippen LogP contribution in [0.15, 0.2) is 47.7 Å². The molecule has 0 amide bonds. The smallest absolute Gasteiger partial charge is 0.182 e. The van der Waals surface area contributed by atoms with Gasteiger partial charge in [0.2, 0.25) is 0 Å². The molecule has 2 aromatic rings. The van der Waals surface area contributed by atoms with Gasteiger partial charge in [0.15, 0.2) is 6.19 Å². The fourth-order valence-electron chi connectivity index (χ4n) is 3.47. The summed E-state index contributed by atoms with van der Waals surface area (Å²) >= 11 is 0. The van der Waals surface area contributed by atoms with Gasteiger partial charge < -0.3 is 9.84 Å². The Kier molecular flexibility index (Phi) is 5.58. The Morgan fingerprint density at radius 1 is 1.39 bits per heavy atom. The van der Waals surface area contributed by atoms with Crippen LogP contribution in [-0.2, 0) is 0 Å². The largest absolute Gasteiger partial charge is 0.484 e. The predicted octanol–water partition coefficient (Wildman–Crippen LogP) is 2.82. The Hall–Kier alpha value is -3.42. The van der Waals surface area contributed by atoms with Crippen molar-refractivity contribution in [3.8, 4) is 18.0 Å². The summed E-state index contributed by atoms with van der Waals surface area (Å²) in [6.07, 6.45) is 5.60. The molecule has 1 aliphatic heterocycles. The number of hydrogen-bond donors (Lipinski definition) is 2. The SMILES string of the molecule is CCC[C@@]1(C)Oc2ccc(C#N)cc2[C@@H](N=C(NC#N)c2cccnc2)[C@@H]1O. The van der Waals surface area contributed by atoms with E-state index >= 15 is 0 Å². The van der Waals surface area contributed by atoms with Crippen molar-refractivity contribution >= 4 is 5.84 Å². The number of amidine groups is 1. The van der Waals surface area contributed by atoms with Gasteiger partial charge in [-0.05, 0) is 43.7 Å². The number of aliphatic hydroxyl groups is 1. The van der Waals surface area contributed by atoms with Gasteiger partial charge in [-0.25, -0.2) is 0 Å². The fraction of sp³-hybridized carbons (Fsp3) is 0.333. The minimum absolute atomic E-state index is 0.300. The fourth-order valence-corrected chi connectivity index (χ4v) is 3.47. The second-order valence-corrected chi connectivity index (χ2v) is 6.88. The monoisotopic (exact) mass is 375 g/mol. The molecule has 0 spiro atoms. The molecule has 0 saturated carbocycles. The van der Waals surface area contributed by atoms with E-state index in [2.05, 4.69) is 21.4 Å². The summed E-state index contributed by atoms with van der Waals surface area (Å²) in [7, 11) is 0. The highest BCUT2D eigenvalue weighted by atomic mass is 16.5. The van der Waals surface area contributed by atoms with E-state index in [4.69, 9.17) is 10.00 Å². The van der Waals surface area contributed by atoms with Crippen LogP contribution in [0.2, 0.25) is 0 Å². The van der Waals surface area contributed by atoms with Crippen molar-refractivity contribution < 1.29 is 9.84 Å². The maximum atomic E-state index is 11.2. The molecular formula is C21H21N5O2. The van der Waals surface area contributed by atoms with E-state index in [9.17, 15) is 10.4 Å². The molecule has 0 radical (unpaired) electrons. The first-order valence-electron chi connectivity index (χ1n) is 9.07. The third kappa shape index (κ3) is 3.66. The number of nitrogens with zero attached hydrogens (tertiary/aromatic N) is 4. The van der Waals surface area contributed by atoms with E-state index in [1.54, 1.807) is 42.7 Å². The summed E-state index contributed by atoms with van der Waals surface area (Å²) in [5.41, 5.74) is 0.848. The van der Waals surface area contributed by atoms with Gasteiger partial charge in [-0.3, -0.25) is 15.3 Å². The van der Waals surface area contributed by atoms with Crippen LogP contribution in [0, 0.1) is 22.8 Å². The van der Waals surface area contributed by atoms with Crippen molar-refractivity contribution in [3.63, 3.8) is 0 Å². The van der Waals surface area contributed by atoms with Crippen LogP contribution in [0.1, 0.15) is 49.4 Å². The normalized spacial score (nSPS) is 23.7. The average molecular weight is 375 g/mol. The number of aromatic nitrogens is 1. The van der Waals surface area contributed by atoms with Crippen LogP contribution in [0.3, 0.4) is 0 Å². The molecule has 0 fully saturated rings. The van der Waals surface area contributed by atoms with E-state index in [-0.39, 0.29) is 0 Å². The number of rotatable bonds is 4. The van der Waals surface area contributed by atoms with Crippen molar-refractivity contribution in [2.75, 3.05) is 0 Å². The Morgan fingerprint density at radius 2 is 2.21 bits per heavy atom. The summed E-state index contributed by atoms with van der Waals surface area (Å²) in [6, 6.07) is 10.0. The first-order chi connectivity index (χ1) is 13.5. The lowest BCUT2D eigenvalue weighted by Crippen LogP contribution is -2.51. The van der Waals surface area contributed by atoms with Crippen molar-refractivity contribution in [3.05, 3.63) is 59.4 Å². The van der Waals surface area contributed by atoms with E-state index in [0.29, 0.717) is 34.7 Å². The van der Waals surface area contributed by atoms with Crippen molar-refractivity contribution in [1.82, 2.24) is 10.3 Å². The molecule has 3 atom stereocenters. The van der Waals surface area contributed by atoms with Crippen LogP contribution in [-0.4, -0.2) is 27.6 Å². The summed E-state index contributed by atoms with van der Waals surface area (Å²) in [5, 5.41) is 32.2. The summed E-state index contributed by atoms with van der Waals surface area (Å²) in [5.74, 6) is 0.880. The molecule has 2 N–H and O–H groups in total. The molecule has 1 aromatic carbocycles. The second-order valence-electron chi connectivity index (χ2n) is 6.88.